The van der Waals surface area contributed by atoms with Gasteiger partial charge in [0.15, 0.2) is 5.58 Å². The van der Waals surface area contributed by atoms with Crippen molar-refractivity contribution in [3.05, 3.63) is 115 Å². The molecule has 1 N–H and O–H groups in total. The van der Waals surface area contributed by atoms with Crippen molar-refractivity contribution in [1.82, 2.24) is 9.97 Å². The van der Waals surface area contributed by atoms with Crippen LogP contribution in [-0.4, -0.2) is 15.1 Å². The minimum atomic E-state index is -0.0689. The van der Waals surface area contributed by atoms with Gasteiger partial charge in [0, 0.05) is 17.3 Å². The molecule has 0 atom stereocenters. The van der Waals surface area contributed by atoms with Crippen LogP contribution >= 0.6 is 0 Å². The van der Waals surface area contributed by atoms with Crippen LogP contribution in [0.25, 0.3) is 56.1 Å². The van der Waals surface area contributed by atoms with Crippen LogP contribution in [0.2, 0.25) is 0 Å². The van der Waals surface area contributed by atoms with E-state index in [-0.39, 0.29) is 11.2 Å². The molecule has 0 amide bonds. The molecule has 0 aliphatic heterocycles. The third kappa shape index (κ3) is 4.46. The molecule has 0 aliphatic rings. The van der Waals surface area contributed by atoms with Gasteiger partial charge in [0.05, 0.1) is 11.3 Å². The highest BCUT2D eigenvalue weighted by Crippen LogP contribution is 2.38. The van der Waals surface area contributed by atoms with Gasteiger partial charge in [-0.25, -0.2) is 4.98 Å². The van der Waals surface area contributed by atoms with E-state index in [9.17, 15) is 5.11 Å². The Kier molecular flexibility index (Phi) is 5.80. The van der Waals surface area contributed by atoms with Crippen LogP contribution < -0.4 is 0 Å². The predicted octanol–water partition coefficient (Wildman–Crippen LogP) is 8.89. The van der Waals surface area contributed by atoms with Crippen LogP contribution in [0.4, 0.5) is 0 Å². The number of hydrogen-bond acceptors (Lipinski definition) is 4. The zero-order valence-corrected chi connectivity index (χ0v) is 21.6. The molecule has 38 heavy (non-hydrogen) atoms. The molecule has 0 spiro atoms. The second-order valence-electron chi connectivity index (χ2n) is 10.5. The summed E-state index contributed by atoms with van der Waals surface area (Å²) in [6, 6.07) is 34.2. The van der Waals surface area contributed by atoms with Crippen molar-refractivity contribution in [1.29, 1.82) is 0 Å². The first-order valence-corrected chi connectivity index (χ1v) is 12.7. The number of phenols is 1. The number of aromatic hydroxyl groups is 1. The Morgan fingerprint density at radius 2 is 1.39 bits per heavy atom. The molecule has 186 valence electrons. The summed E-state index contributed by atoms with van der Waals surface area (Å²) < 4.78 is 6.09. The van der Waals surface area contributed by atoms with Crippen LogP contribution in [-0.2, 0) is 5.41 Å². The second kappa shape index (κ2) is 9.31. The van der Waals surface area contributed by atoms with E-state index >= 15 is 0 Å². The normalized spacial score (nSPS) is 11.7. The van der Waals surface area contributed by atoms with Gasteiger partial charge in [-0.1, -0.05) is 81.4 Å². The highest BCUT2D eigenvalue weighted by Gasteiger charge is 2.20. The largest absolute Gasteiger partial charge is 0.507 e. The first kappa shape index (κ1) is 23.7. The maximum absolute atomic E-state index is 10.4. The predicted molar refractivity (Wildman–Crippen MR) is 154 cm³/mol. The van der Waals surface area contributed by atoms with Gasteiger partial charge in [0.2, 0.25) is 5.89 Å². The van der Waals surface area contributed by atoms with Crippen LogP contribution in [0.15, 0.2) is 114 Å². The van der Waals surface area contributed by atoms with Crippen LogP contribution in [0.1, 0.15) is 26.3 Å². The lowest BCUT2D eigenvalue weighted by atomic mass is 9.83. The molecular formula is C34H28N2O2. The minimum Gasteiger partial charge on any atom is -0.507 e. The van der Waals surface area contributed by atoms with Crippen LogP contribution in [0.5, 0.6) is 5.75 Å². The summed E-state index contributed by atoms with van der Waals surface area (Å²) in [4.78, 5) is 9.57. The number of para-hydroxylation sites is 2. The van der Waals surface area contributed by atoms with Crippen LogP contribution in [0, 0.1) is 0 Å². The molecule has 0 aliphatic carbocycles. The topological polar surface area (TPSA) is 59.2 Å². The van der Waals surface area contributed by atoms with Gasteiger partial charge in [0.1, 0.15) is 11.3 Å². The number of rotatable bonds is 4. The highest BCUT2D eigenvalue weighted by molar-refractivity contribution is 5.93. The number of benzene rings is 4. The molecule has 6 rings (SSSR count). The quantitative estimate of drug-likeness (QED) is 0.265. The van der Waals surface area contributed by atoms with Crippen molar-refractivity contribution >= 4 is 11.1 Å². The van der Waals surface area contributed by atoms with E-state index in [1.165, 1.54) is 5.56 Å². The molecule has 0 bridgehead atoms. The van der Waals surface area contributed by atoms with Gasteiger partial charge >= 0.3 is 0 Å². The monoisotopic (exact) mass is 496 g/mol. The lowest BCUT2D eigenvalue weighted by molar-refractivity contribution is 0.474. The molecule has 2 aromatic heterocycles. The molecule has 4 heteroatoms. The van der Waals surface area contributed by atoms with Gasteiger partial charge in [0.25, 0.3) is 0 Å². The Hall–Kier alpha value is -4.70. The van der Waals surface area contributed by atoms with Crippen molar-refractivity contribution in [2.45, 2.75) is 26.2 Å². The number of hydrogen-bond donors (Lipinski definition) is 1. The van der Waals surface area contributed by atoms with E-state index in [1.54, 1.807) is 12.1 Å². The Morgan fingerprint density at radius 3 is 2.18 bits per heavy atom. The molecular weight excluding hydrogens is 468 g/mol. The molecule has 6 aromatic rings. The Balaban J connectivity index is 1.52. The fourth-order valence-corrected chi connectivity index (χ4v) is 4.71. The van der Waals surface area contributed by atoms with E-state index < -0.39 is 0 Å². The van der Waals surface area contributed by atoms with Gasteiger partial charge in [-0.15, -0.1) is 0 Å². The highest BCUT2D eigenvalue weighted by atomic mass is 16.3. The molecule has 0 saturated heterocycles. The van der Waals surface area contributed by atoms with Crippen molar-refractivity contribution in [3.63, 3.8) is 0 Å². The van der Waals surface area contributed by atoms with Gasteiger partial charge in [-0.05, 0) is 70.1 Å². The van der Waals surface area contributed by atoms with E-state index in [4.69, 9.17) is 14.4 Å². The van der Waals surface area contributed by atoms with Crippen molar-refractivity contribution < 1.29 is 9.52 Å². The summed E-state index contributed by atoms with van der Waals surface area (Å²) in [5.74, 6) is 0.539. The first-order valence-electron chi connectivity index (χ1n) is 12.7. The van der Waals surface area contributed by atoms with Gasteiger partial charge in [-0.3, -0.25) is 4.98 Å². The van der Waals surface area contributed by atoms with Crippen LogP contribution in [0.3, 0.4) is 0 Å². The molecule has 0 radical (unpaired) electrons. The summed E-state index contributed by atoms with van der Waals surface area (Å²) in [6.45, 7) is 6.66. The number of oxazole rings is 1. The summed E-state index contributed by atoms with van der Waals surface area (Å²) in [7, 11) is 0. The van der Waals surface area contributed by atoms with Crippen molar-refractivity contribution in [3.8, 4) is 50.7 Å². The Labute approximate surface area is 222 Å². The number of aromatic nitrogens is 2. The van der Waals surface area contributed by atoms with E-state index in [1.807, 2.05) is 42.6 Å². The van der Waals surface area contributed by atoms with E-state index in [0.29, 0.717) is 17.0 Å². The molecule has 0 unspecified atom stereocenters. The lowest BCUT2D eigenvalue weighted by Gasteiger charge is -2.21. The third-order valence-corrected chi connectivity index (χ3v) is 6.83. The second-order valence-corrected chi connectivity index (χ2v) is 10.5. The summed E-state index contributed by atoms with van der Waals surface area (Å²) >= 11 is 0. The summed E-state index contributed by atoms with van der Waals surface area (Å²) in [5, 5.41) is 10.4. The van der Waals surface area contributed by atoms with Gasteiger partial charge in [-0.2, -0.15) is 0 Å². The fourth-order valence-electron chi connectivity index (χ4n) is 4.71. The van der Waals surface area contributed by atoms with E-state index in [2.05, 4.69) is 75.4 Å². The number of pyridine rings is 1. The maximum Gasteiger partial charge on any atom is 0.231 e. The first-order chi connectivity index (χ1) is 18.4. The zero-order chi connectivity index (χ0) is 26.3. The Morgan fingerprint density at radius 1 is 0.658 bits per heavy atom. The SMILES string of the molecule is CC(C)(C)c1cc(-c2cc(-c3ccccc3)ccn2)cc(-c2cccc3oc(-c4ccccc4O)nc23)c1. The van der Waals surface area contributed by atoms with E-state index in [0.717, 1.165) is 39.0 Å². The van der Waals surface area contributed by atoms with Crippen molar-refractivity contribution in [2.24, 2.45) is 0 Å². The fraction of sp³-hybridized carbons (Fsp3) is 0.118. The third-order valence-electron chi connectivity index (χ3n) is 6.83. The molecule has 2 heterocycles. The average Bonchev–Trinajstić information content (AvgIpc) is 3.37. The summed E-state index contributed by atoms with van der Waals surface area (Å²) in [5.41, 5.74) is 9.41. The smallest absolute Gasteiger partial charge is 0.231 e. The standard InChI is InChI=1S/C34H28N2O2/c1-34(2,3)26-19-24(18-25(20-26)29-21-23(16-17-35-29)22-10-5-4-6-11-22)27-13-9-15-31-32(27)36-33(38-31)28-12-7-8-14-30(28)37/h4-21,37H,1-3H3. The molecule has 4 aromatic carbocycles. The molecule has 0 saturated carbocycles. The maximum atomic E-state index is 10.4. The number of nitrogens with zero attached hydrogens (tertiary/aromatic N) is 2. The van der Waals surface area contributed by atoms with Gasteiger partial charge < -0.3 is 9.52 Å². The zero-order valence-electron chi connectivity index (χ0n) is 21.6. The average molecular weight is 497 g/mol. The number of phenolic OH excluding ortho intramolecular Hbond substituents is 1. The minimum absolute atomic E-state index is 0.0689. The summed E-state index contributed by atoms with van der Waals surface area (Å²) in [6.07, 6.45) is 1.87. The number of fused-ring (bicyclic) bond motifs is 1. The lowest BCUT2D eigenvalue weighted by Crippen LogP contribution is -2.11. The van der Waals surface area contributed by atoms with Crippen molar-refractivity contribution in [2.75, 3.05) is 0 Å². The molecule has 0 fully saturated rings. The Bertz CT molecular complexity index is 1760. The molecule has 4 nitrogen and oxygen atoms in total.